The zero-order chi connectivity index (χ0) is 11.8. The Bertz CT molecular complexity index is 355. The standard InChI is InChI=1S/C12H15BrClNO/c1-16-8-7-15-6-2-3-10-4-5-11(14)9-12(10)13/h2-5,9,15H,6-8H2,1H3/b3-2+. The lowest BCUT2D eigenvalue weighted by atomic mass is 10.2. The van der Waals surface area contributed by atoms with E-state index in [1.807, 2.05) is 18.2 Å². The molecule has 1 aromatic rings. The highest BCUT2D eigenvalue weighted by molar-refractivity contribution is 9.10. The number of hydrogen-bond donors (Lipinski definition) is 1. The second-order valence-corrected chi connectivity index (χ2v) is 4.56. The van der Waals surface area contributed by atoms with E-state index in [1.165, 1.54) is 0 Å². The lowest BCUT2D eigenvalue weighted by molar-refractivity contribution is 0.200. The van der Waals surface area contributed by atoms with Crippen LogP contribution in [0.15, 0.2) is 28.7 Å². The average molecular weight is 305 g/mol. The molecule has 16 heavy (non-hydrogen) atoms. The number of nitrogens with one attached hydrogen (secondary N) is 1. The van der Waals surface area contributed by atoms with E-state index in [1.54, 1.807) is 7.11 Å². The Morgan fingerprint density at radius 1 is 1.50 bits per heavy atom. The van der Waals surface area contributed by atoms with Gasteiger partial charge in [0.05, 0.1) is 6.61 Å². The van der Waals surface area contributed by atoms with Gasteiger partial charge in [0, 0.05) is 29.7 Å². The van der Waals surface area contributed by atoms with Gasteiger partial charge in [-0.1, -0.05) is 45.7 Å². The highest BCUT2D eigenvalue weighted by atomic mass is 79.9. The van der Waals surface area contributed by atoms with Crippen molar-refractivity contribution in [3.63, 3.8) is 0 Å². The molecule has 0 aliphatic rings. The van der Waals surface area contributed by atoms with Crippen LogP contribution >= 0.6 is 27.5 Å². The Hall–Kier alpha value is -0.350. The van der Waals surface area contributed by atoms with Crippen molar-refractivity contribution in [2.24, 2.45) is 0 Å². The smallest absolute Gasteiger partial charge is 0.0587 e. The van der Waals surface area contributed by atoms with Gasteiger partial charge in [0.15, 0.2) is 0 Å². The molecule has 0 aliphatic carbocycles. The van der Waals surface area contributed by atoms with Crippen LogP contribution in [0, 0.1) is 0 Å². The highest BCUT2D eigenvalue weighted by Gasteiger charge is 1.95. The maximum Gasteiger partial charge on any atom is 0.0587 e. The Kier molecular flexibility index (Phi) is 6.73. The third-order valence-corrected chi connectivity index (χ3v) is 2.93. The van der Waals surface area contributed by atoms with Crippen molar-refractivity contribution in [2.45, 2.75) is 0 Å². The van der Waals surface area contributed by atoms with E-state index in [2.05, 4.69) is 33.4 Å². The molecule has 0 radical (unpaired) electrons. The van der Waals surface area contributed by atoms with Crippen molar-refractivity contribution >= 4 is 33.6 Å². The summed E-state index contributed by atoms with van der Waals surface area (Å²) in [4.78, 5) is 0. The highest BCUT2D eigenvalue weighted by Crippen LogP contribution is 2.22. The second-order valence-electron chi connectivity index (χ2n) is 3.27. The number of hydrogen-bond acceptors (Lipinski definition) is 2. The number of ether oxygens (including phenoxy) is 1. The fourth-order valence-corrected chi connectivity index (χ4v) is 2.00. The van der Waals surface area contributed by atoms with Gasteiger partial charge >= 0.3 is 0 Å². The summed E-state index contributed by atoms with van der Waals surface area (Å²) in [5.74, 6) is 0. The predicted octanol–water partition coefficient (Wildman–Crippen LogP) is 3.35. The van der Waals surface area contributed by atoms with Gasteiger partial charge in [0.1, 0.15) is 0 Å². The molecule has 1 rings (SSSR count). The molecule has 0 fully saturated rings. The van der Waals surface area contributed by atoms with Gasteiger partial charge in [-0.05, 0) is 17.7 Å². The van der Waals surface area contributed by atoms with Gasteiger partial charge in [0.2, 0.25) is 0 Å². The summed E-state index contributed by atoms with van der Waals surface area (Å²) >= 11 is 9.32. The van der Waals surface area contributed by atoms with Crippen LogP contribution in [0.1, 0.15) is 5.56 Å². The molecule has 0 saturated heterocycles. The third kappa shape index (κ3) is 5.12. The average Bonchev–Trinajstić information content (AvgIpc) is 2.26. The summed E-state index contributed by atoms with van der Waals surface area (Å²) in [7, 11) is 1.70. The van der Waals surface area contributed by atoms with Crippen molar-refractivity contribution in [2.75, 3.05) is 26.8 Å². The van der Waals surface area contributed by atoms with Gasteiger partial charge < -0.3 is 10.1 Å². The molecule has 1 aromatic carbocycles. The molecule has 0 bridgehead atoms. The van der Waals surface area contributed by atoms with Crippen molar-refractivity contribution < 1.29 is 4.74 Å². The van der Waals surface area contributed by atoms with Gasteiger partial charge in [-0.25, -0.2) is 0 Å². The third-order valence-electron chi connectivity index (χ3n) is 2.01. The molecule has 0 saturated carbocycles. The SMILES string of the molecule is COCCNC/C=C/c1ccc(Cl)cc1Br. The monoisotopic (exact) mass is 303 g/mol. The summed E-state index contributed by atoms with van der Waals surface area (Å²) in [6, 6.07) is 5.75. The molecule has 88 valence electrons. The van der Waals surface area contributed by atoms with Crippen LogP contribution < -0.4 is 5.32 Å². The quantitative estimate of drug-likeness (QED) is 0.814. The van der Waals surface area contributed by atoms with Crippen LogP contribution in [0.2, 0.25) is 5.02 Å². The first-order valence-electron chi connectivity index (χ1n) is 5.05. The lowest BCUT2D eigenvalue weighted by Gasteiger charge is -2.01. The van der Waals surface area contributed by atoms with E-state index >= 15 is 0 Å². The zero-order valence-corrected chi connectivity index (χ0v) is 11.5. The van der Waals surface area contributed by atoms with Crippen LogP contribution in [0.3, 0.4) is 0 Å². The maximum absolute atomic E-state index is 5.86. The first-order chi connectivity index (χ1) is 7.74. The van der Waals surface area contributed by atoms with Crippen LogP contribution in [0.5, 0.6) is 0 Å². The molecular formula is C12H15BrClNO. The molecule has 0 amide bonds. The normalized spacial score (nSPS) is 11.2. The van der Waals surface area contributed by atoms with Crippen molar-refractivity contribution in [1.82, 2.24) is 5.32 Å². The molecule has 0 aromatic heterocycles. The number of benzene rings is 1. The first-order valence-corrected chi connectivity index (χ1v) is 6.22. The van der Waals surface area contributed by atoms with Gasteiger partial charge in [-0.15, -0.1) is 0 Å². The summed E-state index contributed by atoms with van der Waals surface area (Å²) in [5, 5.41) is 3.97. The van der Waals surface area contributed by atoms with E-state index in [4.69, 9.17) is 16.3 Å². The molecule has 1 N–H and O–H groups in total. The van der Waals surface area contributed by atoms with Gasteiger partial charge in [-0.3, -0.25) is 0 Å². The largest absolute Gasteiger partial charge is 0.383 e. The topological polar surface area (TPSA) is 21.3 Å². The van der Waals surface area contributed by atoms with E-state index in [9.17, 15) is 0 Å². The molecule has 0 spiro atoms. The van der Waals surface area contributed by atoms with Crippen molar-refractivity contribution in [3.8, 4) is 0 Å². The van der Waals surface area contributed by atoms with Crippen molar-refractivity contribution in [1.29, 1.82) is 0 Å². The van der Waals surface area contributed by atoms with Crippen LogP contribution in [0.4, 0.5) is 0 Å². The molecular weight excluding hydrogens is 289 g/mol. The van der Waals surface area contributed by atoms with Crippen molar-refractivity contribution in [3.05, 3.63) is 39.3 Å². The van der Waals surface area contributed by atoms with E-state index < -0.39 is 0 Å². The summed E-state index contributed by atoms with van der Waals surface area (Å²) in [6.45, 7) is 2.43. The van der Waals surface area contributed by atoms with Gasteiger partial charge in [0.25, 0.3) is 0 Å². The Labute approximate surface area is 110 Å². The number of methoxy groups -OCH3 is 1. The minimum atomic E-state index is 0.735. The van der Waals surface area contributed by atoms with Crippen LogP contribution in [-0.2, 0) is 4.74 Å². The first kappa shape index (κ1) is 13.7. The Morgan fingerprint density at radius 3 is 3.00 bits per heavy atom. The van der Waals surface area contributed by atoms with E-state index in [0.29, 0.717) is 0 Å². The van der Waals surface area contributed by atoms with E-state index in [0.717, 1.165) is 34.8 Å². The molecule has 2 nitrogen and oxygen atoms in total. The number of halogens is 2. The predicted molar refractivity (Wildman–Crippen MR) is 72.9 cm³/mol. The zero-order valence-electron chi connectivity index (χ0n) is 9.17. The molecule has 4 heteroatoms. The summed E-state index contributed by atoms with van der Waals surface area (Å²) in [6.07, 6.45) is 4.13. The van der Waals surface area contributed by atoms with Crippen LogP contribution in [-0.4, -0.2) is 26.8 Å². The van der Waals surface area contributed by atoms with Gasteiger partial charge in [-0.2, -0.15) is 0 Å². The molecule has 0 aliphatic heterocycles. The number of rotatable bonds is 6. The minimum absolute atomic E-state index is 0.735. The Balaban J connectivity index is 2.38. The minimum Gasteiger partial charge on any atom is -0.383 e. The molecule has 0 unspecified atom stereocenters. The summed E-state index contributed by atoms with van der Waals surface area (Å²) in [5.41, 5.74) is 1.12. The second kappa shape index (κ2) is 7.85. The maximum atomic E-state index is 5.86. The molecule has 0 heterocycles. The Morgan fingerprint density at radius 2 is 2.31 bits per heavy atom. The molecule has 0 atom stereocenters. The van der Waals surface area contributed by atoms with Crippen LogP contribution in [0.25, 0.3) is 6.08 Å². The summed E-state index contributed by atoms with van der Waals surface area (Å²) < 4.78 is 5.94. The fraction of sp³-hybridized carbons (Fsp3) is 0.333. The lowest BCUT2D eigenvalue weighted by Crippen LogP contribution is -2.18. The van der Waals surface area contributed by atoms with E-state index in [-0.39, 0.29) is 0 Å². The fourth-order valence-electron chi connectivity index (χ4n) is 1.18.